The second kappa shape index (κ2) is 18.4. The van der Waals surface area contributed by atoms with E-state index in [1.54, 1.807) is 31.1 Å². The van der Waals surface area contributed by atoms with Crippen molar-refractivity contribution in [3.8, 4) is 23.1 Å². The molecule has 0 unspecified atom stereocenters. The summed E-state index contributed by atoms with van der Waals surface area (Å²) in [6.45, 7) is 7.63. The fourth-order valence-electron chi connectivity index (χ4n) is 6.54. The molecule has 1 aromatic heterocycles. The van der Waals surface area contributed by atoms with Crippen LogP contribution in [0.1, 0.15) is 75.5 Å². The standard InChI is InChI=1S/C41H49N7O7/c1-24(2)35(46-40(52)54-5)38(50)45-33(23-49)31-20-30(21-42-31)28-15-11-26(12-16-28)9-10-27-13-17-29(18-14-27)32-22-43-37(44-32)34-8-7-19-48(34)39(51)36(25(3)4)47-41(53)55-6/h11-18,21-22,24-25,33-36,49H,7-8,19-20,23H2,1-6H3,(H,43,44)(H,45,50)(H,46,52)(H,47,53)/t33-,34-,35-,36-/m0/s1. The molecule has 4 atom stereocenters. The number of likely N-dealkylation sites (tertiary alicyclic amines) is 1. The quantitative estimate of drug-likeness (QED) is 0.167. The molecule has 0 bridgehead atoms. The number of aromatic amines is 1. The van der Waals surface area contributed by atoms with Crippen LogP contribution in [0.25, 0.3) is 16.8 Å². The molecule has 55 heavy (non-hydrogen) atoms. The summed E-state index contributed by atoms with van der Waals surface area (Å²) in [6, 6.07) is 13.2. The Hall–Kier alpha value is -5.94. The van der Waals surface area contributed by atoms with Gasteiger partial charge in [-0.2, -0.15) is 0 Å². The van der Waals surface area contributed by atoms with Crippen molar-refractivity contribution >= 4 is 35.3 Å². The van der Waals surface area contributed by atoms with Crippen molar-refractivity contribution in [2.75, 3.05) is 27.4 Å². The average Bonchev–Trinajstić information content (AvgIpc) is 3.99. The van der Waals surface area contributed by atoms with E-state index in [0.717, 1.165) is 46.4 Å². The Morgan fingerprint density at radius 1 is 0.873 bits per heavy atom. The molecule has 5 N–H and O–H groups in total. The lowest BCUT2D eigenvalue weighted by molar-refractivity contribution is -0.135. The zero-order valence-corrected chi connectivity index (χ0v) is 32.0. The van der Waals surface area contributed by atoms with Crippen LogP contribution in [0.5, 0.6) is 0 Å². The van der Waals surface area contributed by atoms with Crippen molar-refractivity contribution in [1.29, 1.82) is 0 Å². The molecule has 290 valence electrons. The highest BCUT2D eigenvalue weighted by molar-refractivity contribution is 6.03. The first kappa shape index (κ1) is 40.2. The normalized spacial score (nSPS) is 16.7. The molecule has 5 rings (SSSR count). The SMILES string of the molecule is COC(=O)N[C@H](C(=O)N[C@@H](CO)C1=NC=C(c2ccc(C#Cc3ccc(-c4cnc([C@@H]5CCCN5C(=O)[C@@H](NC(=O)OC)C(C)C)[nH]4)cc3)cc2)C1)C(C)C. The highest BCUT2D eigenvalue weighted by atomic mass is 16.5. The molecule has 3 aromatic rings. The number of aliphatic hydroxyl groups is 1. The highest BCUT2D eigenvalue weighted by Crippen LogP contribution is 2.33. The number of imidazole rings is 1. The minimum Gasteiger partial charge on any atom is -0.453 e. The predicted molar refractivity (Wildman–Crippen MR) is 208 cm³/mol. The van der Waals surface area contributed by atoms with Crippen LogP contribution >= 0.6 is 0 Å². The number of benzene rings is 2. The van der Waals surface area contributed by atoms with E-state index in [0.29, 0.717) is 24.5 Å². The number of allylic oxidation sites excluding steroid dienone is 1. The minimum atomic E-state index is -0.830. The van der Waals surface area contributed by atoms with Gasteiger partial charge in [0.1, 0.15) is 17.9 Å². The van der Waals surface area contributed by atoms with Crippen LogP contribution in [0.3, 0.4) is 0 Å². The Morgan fingerprint density at radius 2 is 1.45 bits per heavy atom. The van der Waals surface area contributed by atoms with Crippen LogP contribution in [0, 0.1) is 23.7 Å². The molecule has 0 saturated carbocycles. The molecule has 14 nitrogen and oxygen atoms in total. The van der Waals surface area contributed by atoms with Crippen molar-refractivity contribution in [2.45, 2.75) is 71.1 Å². The van der Waals surface area contributed by atoms with Gasteiger partial charge in [0.05, 0.1) is 44.8 Å². The molecule has 1 fully saturated rings. The number of hydrogen-bond donors (Lipinski definition) is 5. The van der Waals surface area contributed by atoms with Crippen molar-refractivity contribution in [3.63, 3.8) is 0 Å². The molecule has 2 aliphatic heterocycles. The maximum Gasteiger partial charge on any atom is 0.407 e. The molecular weight excluding hydrogens is 702 g/mol. The van der Waals surface area contributed by atoms with Crippen molar-refractivity contribution in [3.05, 3.63) is 83.4 Å². The van der Waals surface area contributed by atoms with Gasteiger partial charge in [-0.1, -0.05) is 63.8 Å². The molecule has 14 heteroatoms. The fraction of sp³-hybridized carbons (Fsp3) is 0.415. The van der Waals surface area contributed by atoms with Gasteiger partial charge in [0.15, 0.2) is 0 Å². The summed E-state index contributed by atoms with van der Waals surface area (Å²) in [4.78, 5) is 64.3. The molecule has 0 aliphatic carbocycles. The second-order valence-electron chi connectivity index (χ2n) is 14.2. The average molecular weight is 752 g/mol. The largest absolute Gasteiger partial charge is 0.453 e. The van der Waals surface area contributed by atoms with Crippen LogP contribution in [-0.4, -0.2) is 95.2 Å². The minimum absolute atomic E-state index is 0.112. The van der Waals surface area contributed by atoms with Crippen LogP contribution in [0.4, 0.5) is 9.59 Å². The maximum atomic E-state index is 13.5. The molecular formula is C41H49N7O7. The second-order valence-corrected chi connectivity index (χ2v) is 14.2. The van der Waals surface area contributed by atoms with Crippen LogP contribution in [0.2, 0.25) is 0 Å². The lowest BCUT2D eigenvalue weighted by atomic mass is 9.98. The third-order valence-corrected chi connectivity index (χ3v) is 9.71. The monoisotopic (exact) mass is 751 g/mol. The van der Waals surface area contributed by atoms with E-state index in [1.165, 1.54) is 14.2 Å². The summed E-state index contributed by atoms with van der Waals surface area (Å²) >= 11 is 0. The summed E-state index contributed by atoms with van der Waals surface area (Å²) in [5.41, 5.74) is 5.94. The van der Waals surface area contributed by atoms with E-state index in [9.17, 15) is 24.3 Å². The molecule has 3 heterocycles. The Morgan fingerprint density at radius 3 is 2.02 bits per heavy atom. The number of amides is 4. The topological polar surface area (TPSA) is 187 Å². The number of hydrogen-bond acceptors (Lipinski definition) is 9. The first-order valence-electron chi connectivity index (χ1n) is 18.4. The number of rotatable bonds is 12. The number of alkyl carbamates (subject to hydrolysis) is 2. The number of aliphatic hydroxyl groups excluding tert-OH is 1. The zero-order chi connectivity index (χ0) is 39.6. The Balaban J connectivity index is 1.17. The Kier molecular flexibility index (Phi) is 13.5. The van der Waals surface area contributed by atoms with E-state index in [1.807, 2.05) is 62.4 Å². The molecule has 0 spiro atoms. The van der Waals surface area contributed by atoms with Crippen molar-refractivity contribution in [2.24, 2.45) is 16.8 Å². The van der Waals surface area contributed by atoms with Crippen LogP contribution in [0.15, 0.2) is 65.9 Å². The van der Waals surface area contributed by atoms with Crippen LogP contribution in [-0.2, 0) is 19.1 Å². The molecule has 2 aromatic carbocycles. The molecule has 2 aliphatic rings. The lowest BCUT2D eigenvalue weighted by Gasteiger charge is -2.30. The Bertz CT molecular complexity index is 1970. The summed E-state index contributed by atoms with van der Waals surface area (Å²) in [7, 11) is 2.51. The van der Waals surface area contributed by atoms with E-state index in [-0.39, 0.29) is 30.4 Å². The van der Waals surface area contributed by atoms with Crippen molar-refractivity contribution in [1.82, 2.24) is 30.8 Å². The van der Waals surface area contributed by atoms with Gasteiger partial charge in [-0.3, -0.25) is 14.6 Å². The fourth-order valence-corrected chi connectivity index (χ4v) is 6.54. The van der Waals surface area contributed by atoms with E-state index in [2.05, 4.69) is 47.5 Å². The number of ether oxygens (including phenoxy) is 2. The summed E-state index contributed by atoms with van der Waals surface area (Å²) in [6.07, 6.45) is 4.21. The number of nitrogens with zero attached hydrogens (tertiary/aromatic N) is 3. The first-order chi connectivity index (χ1) is 26.4. The number of carbonyl (C=O) groups excluding carboxylic acids is 4. The number of H-pyrrole nitrogens is 1. The van der Waals surface area contributed by atoms with E-state index >= 15 is 0 Å². The number of carbonyl (C=O) groups is 4. The Labute approximate surface area is 321 Å². The third-order valence-electron chi connectivity index (χ3n) is 9.71. The number of aliphatic imine (C=N–C) groups is 1. The zero-order valence-electron chi connectivity index (χ0n) is 32.0. The predicted octanol–water partition coefficient (Wildman–Crippen LogP) is 4.56. The van der Waals surface area contributed by atoms with Gasteiger partial charge < -0.3 is 40.4 Å². The number of nitrogens with one attached hydrogen (secondary N) is 4. The highest BCUT2D eigenvalue weighted by Gasteiger charge is 2.37. The molecule has 1 saturated heterocycles. The first-order valence-corrected chi connectivity index (χ1v) is 18.4. The van der Waals surface area contributed by atoms with Gasteiger partial charge in [-0.25, -0.2) is 14.6 Å². The van der Waals surface area contributed by atoms with Crippen molar-refractivity contribution < 1.29 is 33.8 Å². The smallest absolute Gasteiger partial charge is 0.407 e. The van der Waals surface area contributed by atoms with Gasteiger partial charge in [0.2, 0.25) is 11.8 Å². The lowest BCUT2D eigenvalue weighted by Crippen LogP contribution is -2.54. The number of aromatic nitrogens is 2. The molecule has 4 amide bonds. The third kappa shape index (κ3) is 9.98. The number of methoxy groups -OCH3 is 2. The summed E-state index contributed by atoms with van der Waals surface area (Å²) < 4.78 is 9.38. The van der Waals surface area contributed by atoms with Gasteiger partial charge in [0.25, 0.3) is 0 Å². The van der Waals surface area contributed by atoms with Gasteiger partial charge in [-0.05, 0) is 65.6 Å². The van der Waals surface area contributed by atoms with E-state index < -0.39 is 36.2 Å². The summed E-state index contributed by atoms with van der Waals surface area (Å²) in [5.74, 6) is 6.23. The summed E-state index contributed by atoms with van der Waals surface area (Å²) in [5, 5.41) is 18.1. The van der Waals surface area contributed by atoms with Crippen LogP contribution < -0.4 is 16.0 Å². The van der Waals surface area contributed by atoms with Gasteiger partial charge in [0, 0.05) is 36.0 Å². The maximum absolute atomic E-state index is 13.5. The van der Waals surface area contributed by atoms with E-state index in [4.69, 9.17) is 4.74 Å². The van der Waals surface area contributed by atoms with Gasteiger partial charge >= 0.3 is 12.2 Å². The van der Waals surface area contributed by atoms with Gasteiger partial charge in [-0.15, -0.1) is 0 Å². The molecule has 0 radical (unpaired) electrons.